The molecule has 3 heteroatoms. The van der Waals surface area contributed by atoms with E-state index in [1.165, 1.54) is 0 Å². The van der Waals surface area contributed by atoms with Crippen molar-refractivity contribution in [2.45, 2.75) is 26.7 Å². The molecule has 0 unspecified atom stereocenters. The molecule has 1 rings (SSSR count). The molecular formula is C11H15NO2. The SMILES string of the molecule is Cc1cc(O)cc(C)c1CCC(N)=O. The zero-order chi connectivity index (χ0) is 10.7. The minimum Gasteiger partial charge on any atom is -0.508 e. The van der Waals surface area contributed by atoms with Crippen LogP contribution in [0.4, 0.5) is 0 Å². The first kappa shape index (κ1) is 10.6. The predicted octanol–water partition coefficient (Wildman–Crippen LogP) is 1.43. The highest BCUT2D eigenvalue weighted by Gasteiger charge is 2.05. The number of nitrogens with two attached hydrogens (primary N) is 1. The van der Waals surface area contributed by atoms with Crippen LogP contribution in [-0.2, 0) is 11.2 Å². The van der Waals surface area contributed by atoms with Crippen LogP contribution in [0.3, 0.4) is 0 Å². The van der Waals surface area contributed by atoms with Gasteiger partial charge < -0.3 is 10.8 Å². The molecule has 0 aliphatic carbocycles. The fourth-order valence-electron chi connectivity index (χ4n) is 1.61. The Hall–Kier alpha value is -1.51. The first-order valence-corrected chi connectivity index (χ1v) is 4.58. The summed E-state index contributed by atoms with van der Waals surface area (Å²) in [5.74, 6) is -0.0281. The van der Waals surface area contributed by atoms with Crippen molar-refractivity contribution in [1.82, 2.24) is 0 Å². The molecule has 0 saturated carbocycles. The van der Waals surface area contributed by atoms with Crippen LogP contribution >= 0.6 is 0 Å². The summed E-state index contributed by atoms with van der Waals surface area (Å²) in [6.45, 7) is 3.84. The van der Waals surface area contributed by atoms with E-state index < -0.39 is 0 Å². The van der Waals surface area contributed by atoms with Gasteiger partial charge >= 0.3 is 0 Å². The largest absolute Gasteiger partial charge is 0.508 e. The fourth-order valence-corrected chi connectivity index (χ4v) is 1.61. The lowest BCUT2D eigenvalue weighted by atomic mass is 9.98. The first-order valence-electron chi connectivity index (χ1n) is 4.58. The van der Waals surface area contributed by atoms with Gasteiger partial charge in [0.15, 0.2) is 0 Å². The third kappa shape index (κ3) is 2.49. The molecular weight excluding hydrogens is 178 g/mol. The van der Waals surface area contributed by atoms with E-state index in [0.29, 0.717) is 12.8 Å². The lowest BCUT2D eigenvalue weighted by Gasteiger charge is -2.09. The number of phenols is 1. The zero-order valence-electron chi connectivity index (χ0n) is 8.50. The number of primary amides is 1. The van der Waals surface area contributed by atoms with E-state index in [4.69, 9.17) is 5.73 Å². The Balaban J connectivity index is 2.91. The Morgan fingerprint density at radius 1 is 1.36 bits per heavy atom. The van der Waals surface area contributed by atoms with Crippen LogP contribution in [0.15, 0.2) is 12.1 Å². The quantitative estimate of drug-likeness (QED) is 0.762. The number of carbonyl (C=O) groups is 1. The highest BCUT2D eigenvalue weighted by atomic mass is 16.3. The molecule has 0 heterocycles. The molecule has 0 atom stereocenters. The van der Waals surface area contributed by atoms with Crippen molar-refractivity contribution in [2.75, 3.05) is 0 Å². The van der Waals surface area contributed by atoms with E-state index >= 15 is 0 Å². The normalized spacial score (nSPS) is 10.1. The summed E-state index contributed by atoms with van der Waals surface area (Å²) in [4.78, 5) is 10.6. The molecule has 0 aromatic heterocycles. The van der Waals surface area contributed by atoms with Crippen LogP contribution < -0.4 is 5.73 Å². The van der Waals surface area contributed by atoms with E-state index in [9.17, 15) is 9.90 Å². The van der Waals surface area contributed by atoms with Crippen LogP contribution in [-0.4, -0.2) is 11.0 Å². The standard InChI is InChI=1S/C11H15NO2/c1-7-5-9(13)6-8(2)10(7)3-4-11(12)14/h5-6,13H,3-4H2,1-2H3,(H2,12,14). The summed E-state index contributed by atoms with van der Waals surface area (Å²) in [7, 11) is 0. The van der Waals surface area contributed by atoms with E-state index in [0.717, 1.165) is 16.7 Å². The highest BCUT2D eigenvalue weighted by Crippen LogP contribution is 2.21. The molecule has 1 aromatic rings. The number of amides is 1. The van der Waals surface area contributed by atoms with Gasteiger partial charge in [-0.05, 0) is 49.1 Å². The van der Waals surface area contributed by atoms with Crippen LogP contribution in [0.2, 0.25) is 0 Å². The molecule has 3 nitrogen and oxygen atoms in total. The fraction of sp³-hybridized carbons (Fsp3) is 0.364. The van der Waals surface area contributed by atoms with Gasteiger partial charge in [0, 0.05) is 6.42 Å². The summed E-state index contributed by atoms with van der Waals surface area (Å²) in [5.41, 5.74) is 8.19. The van der Waals surface area contributed by atoms with Gasteiger partial charge in [-0.25, -0.2) is 0 Å². The topological polar surface area (TPSA) is 63.3 Å². The van der Waals surface area contributed by atoms with Crippen LogP contribution in [0.5, 0.6) is 5.75 Å². The molecule has 0 radical (unpaired) electrons. The average molecular weight is 193 g/mol. The van der Waals surface area contributed by atoms with Crippen LogP contribution in [0, 0.1) is 13.8 Å². The van der Waals surface area contributed by atoms with E-state index in [2.05, 4.69) is 0 Å². The minimum atomic E-state index is -0.295. The van der Waals surface area contributed by atoms with Gasteiger partial charge in [0.25, 0.3) is 0 Å². The first-order chi connectivity index (χ1) is 6.50. The van der Waals surface area contributed by atoms with Crippen LogP contribution in [0.1, 0.15) is 23.1 Å². The number of phenolic OH excluding ortho intramolecular Hbond substituents is 1. The number of rotatable bonds is 3. The Kier molecular flexibility index (Phi) is 3.12. The Labute approximate surface area is 83.6 Å². The maximum absolute atomic E-state index is 10.6. The molecule has 0 fully saturated rings. The van der Waals surface area contributed by atoms with Crippen LogP contribution in [0.25, 0.3) is 0 Å². The van der Waals surface area contributed by atoms with Gasteiger partial charge in [-0.2, -0.15) is 0 Å². The van der Waals surface area contributed by atoms with Crippen molar-refractivity contribution in [3.63, 3.8) is 0 Å². The second-order valence-electron chi connectivity index (χ2n) is 3.52. The molecule has 0 saturated heterocycles. The molecule has 0 spiro atoms. The Morgan fingerprint density at radius 3 is 2.29 bits per heavy atom. The lowest BCUT2D eigenvalue weighted by molar-refractivity contribution is -0.117. The monoisotopic (exact) mass is 193 g/mol. The molecule has 76 valence electrons. The van der Waals surface area contributed by atoms with E-state index in [1.807, 2.05) is 13.8 Å². The maximum atomic E-state index is 10.6. The third-order valence-corrected chi connectivity index (χ3v) is 2.30. The van der Waals surface area contributed by atoms with Crippen molar-refractivity contribution in [1.29, 1.82) is 0 Å². The number of aryl methyl sites for hydroxylation is 2. The minimum absolute atomic E-state index is 0.267. The highest BCUT2D eigenvalue weighted by molar-refractivity contribution is 5.74. The van der Waals surface area contributed by atoms with Gasteiger partial charge in [-0.3, -0.25) is 4.79 Å². The number of carbonyl (C=O) groups excluding carboxylic acids is 1. The van der Waals surface area contributed by atoms with Crippen molar-refractivity contribution in [3.05, 3.63) is 28.8 Å². The Morgan fingerprint density at radius 2 is 1.86 bits per heavy atom. The summed E-state index contributed by atoms with van der Waals surface area (Å²) >= 11 is 0. The second kappa shape index (κ2) is 4.13. The summed E-state index contributed by atoms with van der Waals surface area (Å²) in [5, 5.41) is 9.30. The third-order valence-electron chi connectivity index (χ3n) is 2.30. The van der Waals surface area contributed by atoms with Crippen molar-refractivity contribution < 1.29 is 9.90 Å². The molecule has 0 aliphatic rings. The molecule has 0 aliphatic heterocycles. The van der Waals surface area contributed by atoms with E-state index in [1.54, 1.807) is 12.1 Å². The number of benzene rings is 1. The molecule has 0 bridgehead atoms. The maximum Gasteiger partial charge on any atom is 0.217 e. The number of hydrogen-bond acceptors (Lipinski definition) is 2. The van der Waals surface area contributed by atoms with Gasteiger partial charge in [-0.1, -0.05) is 0 Å². The lowest BCUT2D eigenvalue weighted by Crippen LogP contribution is -2.12. The number of hydrogen-bond donors (Lipinski definition) is 2. The second-order valence-corrected chi connectivity index (χ2v) is 3.52. The van der Waals surface area contributed by atoms with Gasteiger partial charge in [-0.15, -0.1) is 0 Å². The average Bonchev–Trinajstić information content (AvgIpc) is 2.01. The smallest absolute Gasteiger partial charge is 0.217 e. The summed E-state index contributed by atoms with van der Waals surface area (Å²) < 4.78 is 0. The number of aromatic hydroxyl groups is 1. The van der Waals surface area contributed by atoms with Crippen molar-refractivity contribution in [2.24, 2.45) is 5.73 Å². The zero-order valence-corrected chi connectivity index (χ0v) is 8.50. The van der Waals surface area contributed by atoms with Gasteiger partial charge in [0.1, 0.15) is 5.75 Å². The van der Waals surface area contributed by atoms with E-state index in [-0.39, 0.29) is 11.7 Å². The molecule has 14 heavy (non-hydrogen) atoms. The molecule has 1 aromatic carbocycles. The molecule has 3 N–H and O–H groups in total. The predicted molar refractivity (Wildman–Crippen MR) is 55.1 cm³/mol. The van der Waals surface area contributed by atoms with Gasteiger partial charge in [0.05, 0.1) is 0 Å². The summed E-state index contributed by atoms with van der Waals surface area (Å²) in [6, 6.07) is 3.40. The van der Waals surface area contributed by atoms with Crippen molar-refractivity contribution >= 4 is 5.91 Å². The summed E-state index contributed by atoms with van der Waals surface area (Å²) in [6.07, 6.45) is 1.000. The van der Waals surface area contributed by atoms with Gasteiger partial charge in [0.2, 0.25) is 5.91 Å². The van der Waals surface area contributed by atoms with Crippen molar-refractivity contribution in [3.8, 4) is 5.75 Å². The molecule has 1 amide bonds. The Bertz CT molecular complexity index is 335.